The van der Waals surface area contributed by atoms with Crippen molar-refractivity contribution in [2.45, 2.75) is 38.3 Å². The number of aliphatic hydroxyl groups is 1. The van der Waals surface area contributed by atoms with Crippen molar-refractivity contribution in [1.29, 1.82) is 0 Å². The number of aromatic nitrogens is 1. The molecule has 0 amide bonds. The molecule has 1 aliphatic heterocycles. The maximum Gasteiger partial charge on any atom is 0.354 e. The van der Waals surface area contributed by atoms with Gasteiger partial charge < -0.3 is 15.1 Å². The molecule has 0 radical (unpaired) electrons. The minimum atomic E-state index is -1.03. The van der Waals surface area contributed by atoms with E-state index >= 15 is 0 Å². The number of hydrogen-bond donors (Lipinski definition) is 2. The van der Waals surface area contributed by atoms with Crippen LogP contribution < -0.4 is 4.90 Å². The largest absolute Gasteiger partial charge is 0.477 e. The topological polar surface area (TPSA) is 73.7 Å². The SMILES string of the molecule is CC(C)(O)C1CCCN1c1cccc(C(=O)O)n1. The van der Waals surface area contributed by atoms with Gasteiger partial charge in [0.25, 0.3) is 0 Å². The van der Waals surface area contributed by atoms with Crippen LogP contribution in [0.1, 0.15) is 37.2 Å². The van der Waals surface area contributed by atoms with E-state index in [0.29, 0.717) is 5.82 Å². The monoisotopic (exact) mass is 250 g/mol. The van der Waals surface area contributed by atoms with Crippen LogP contribution in [0.2, 0.25) is 0 Å². The summed E-state index contributed by atoms with van der Waals surface area (Å²) in [5.74, 6) is -0.407. The summed E-state index contributed by atoms with van der Waals surface area (Å²) < 4.78 is 0. The number of pyridine rings is 1. The van der Waals surface area contributed by atoms with Crippen LogP contribution in [0.5, 0.6) is 0 Å². The molecule has 2 rings (SSSR count). The van der Waals surface area contributed by atoms with Gasteiger partial charge in [-0.2, -0.15) is 0 Å². The molecule has 1 saturated heterocycles. The van der Waals surface area contributed by atoms with Gasteiger partial charge in [-0.3, -0.25) is 0 Å². The van der Waals surface area contributed by atoms with Crippen molar-refractivity contribution in [3.63, 3.8) is 0 Å². The first kappa shape index (κ1) is 12.8. The lowest BCUT2D eigenvalue weighted by Gasteiger charge is -2.34. The average molecular weight is 250 g/mol. The highest BCUT2D eigenvalue weighted by Gasteiger charge is 2.36. The molecule has 0 aromatic carbocycles. The van der Waals surface area contributed by atoms with E-state index in [1.165, 1.54) is 6.07 Å². The van der Waals surface area contributed by atoms with Crippen molar-refractivity contribution < 1.29 is 15.0 Å². The summed E-state index contributed by atoms with van der Waals surface area (Å²) in [4.78, 5) is 17.0. The Kier molecular flexibility index (Phi) is 3.26. The van der Waals surface area contributed by atoms with Gasteiger partial charge in [0.2, 0.25) is 0 Å². The van der Waals surface area contributed by atoms with Gasteiger partial charge in [-0.25, -0.2) is 9.78 Å². The van der Waals surface area contributed by atoms with Crippen molar-refractivity contribution in [2.24, 2.45) is 0 Å². The van der Waals surface area contributed by atoms with Crippen molar-refractivity contribution >= 4 is 11.8 Å². The van der Waals surface area contributed by atoms with Gasteiger partial charge in [0.05, 0.1) is 11.6 Å². The maximum absolute atomic E-state index is 10.9. The summed E-state index contributed by atoms with van der Waals surface area (Å²) in [5, 5.41) is 19.1. The van der Waals surface area contributed by atoms with Crippen LogP contribution >= 0.6 is 0 Å². The van der Waals surface area contributed by atoms with Gasteiger partial charge in [0, 0.05) is 6.54 Å². The molecule has 1 aromatic rings. The summed E-state index contributed by atoms with van der Waals surface area (Å²) in [5.41, 5.74) is -0.786. The Labute approximate surface area is 106 Å². The Bertz CT molecular complexity index is 454. The lowest BCUT2D eigenvalue weighted by Crippen LogP contribution is -2.46. The van der Waals surface area contributed by atoms with Gasteiger partial charge in [0.1, 0.15) is 5.82 Å². The maximum atomic E-state index is 10.9. The highest BCUT2D eigenvalue weighted by molar-refractivity contribution is 5.85. The third-order valence-electron chi connectivity index (χ3n) is 3.32. The minimum absolute atomic E-state index is 0.0194. The van der Waals surface area contributed by atoms with Gasteiger partial charge in [-0.1, -0.05) is 6.07 Å². The molecule has 18 heavy (non-hydrogen) atoms. The highest BCUT2D eigenvalue weighted by Crippen LogP contribution is 2.30. The number of carbonyl (C=O) groups is 1. The highest BCUT2D eigenvalue weighted by atomic mass is 16.4. The number of rotatable bonds is 3. The molecule has 5 heteroatoms. The molecule has 1 unspecified atom stereocenters. The summed E-state index contributed by atoms with van der Waals surface area (Å²) >= 11 is 0. The Hall–Kier alpha value is -1.62. The van der Waals surface area contributed by atoms with E-state index in [1.54, 1.807) is 26.0 Å². The summed E-state index contributed by atoms with van der Waals surface area (Å²) in [6.45, 7) is 4.35. The number of carboxylic acids is 1. The van der Waals surface area contributed by atoms with E-state index in [-0.39, 0.29) is 11.7 Å². The molecule has 0 spiro atoms. The molecule has 1 fully saturated rings. The lowest BCUT2D eigenvalue weighted by atomic mass is 9.97. The Morgan fingerprint density at radius 1 is 1.50 bits per heavy atom. The molecule has 5 nitrogen and oxygen atoms in total. The molecule has 2 N–H and O–H groups in total. The van der Waals surface area contributed by atoms with Crippen molar-refractivity contribution in [1.82, 2.24) is 4.98 Å². The van der Waals surface area contributed by atoms with Crippen molar-refractivity contribution in [2.75, 3.05) is 11.4 Å². The van der Waals surface area contributed by atoms with Gasteiger partial charge in [-0.15, -0.1) is 0 Å². The Morgan fingerprint density at radius 3 is 2.83 bits per heavy atom. The van der Waals surface area contributed by atoms with Crippen LogP contribution in [0.25, 0.3) is 0 Å². The summed E-state index contributed by atoms with van der Waals surface area (Å²) in [6, 6.07) is 4.93. The van der Waals surface area contributed by atoms with Crippen LogP contribution in [0, 0.1) is 0 Å². The van der Waals surface area contributed by atoms with Crippen LogP contribution in [0.4, 0.5) is 5.82 Å². The number of anilines is 1. The number of hydrogen-bond acceptors (Lipinski definition) is 4. The molecule has 2 heterocycles. The zero-order valence-electron chi connectivity index (χ0n) is 10.6. The zero-order chi connectivity index (χ0) is 13.3. The molecule has 0 bridgehead atoms. The Morgan fingerprint density at radius 2 is 2.22 bits per heavy atom. The summed E-state index contributed by atoms with van der Waals surface area (Å²) in [6.07, 6.45) is 1.87. The molecular weight excluding hydrogens is 232 g/mol. The van der Waals surface area contributed by atoms with E-state index in [1.807, 2.05) is 4.90 Å². The van der Waals surface area contributed by atoms with Gasteiger partial charge in [0.15, 0.2) is 5.69 Å². The quantitative estimate of drug-likeness (QED) is 0.850. The smallest absolute Gasteiger partial charge is 0.354 e. The van der Waals surface area contributed by atoms with Crippen LogP contribution in [0.15, 0.2) is 18.2 Å². The third-order valence-corrected chi connectivity index (χ3v) is 3.32. The van der Waals surface area contributed by atoms with Crippen molar-refractivity contribution in [3.8, 4) is 0 Å². The third kappa shape index (κ3) is 2.46. The van der Waals surface area contributed by atoms with E-state index in [0.717, 1.165) is 19.4 Å². The van der Waals surface area contributed by atoms with Crippen LogP contribution in [0.3, 0.4) is 0 Å². The second-order valence-corrected chi connectivity index (χ2v) is 5.19. The first-order valence-electron chi connectivity index (χ1n) is 6.09. The predicted octanol–water partition coefficient (Wildman–Crippen LogP) is 1.52. The molecular formula is C13H18N2O3. The number of carboxylic acid groups (broad SMARTS) is 1. The second-order valence-electron chi connectivity index (χ2n) is 5.19. The fourth-order valence-corrected chi connectivity index (χ4v) is 2.48. The standard InChI is InChI=1S/C13H18N2O3/c1-13(2,18)10-6-4-8-15(10)11-7-3-5-9(14-11)12(16)17/h3,5,7,10,18H,4,6,8H2,1-2H3,(H,16,17). The molecule has 1 aromatic heterocycles. The fraction of sp³-hybridized carbons (Fsp3) is 0.538. The Balaban J connectivity index is 2.30. The predicted molar refractivity (Wildman–Crippen MR) is 67.9 cm³/mol. The minimum Gasteiger partial charge on any atom is -0.477 e. The van der Waals surface area contributed by atoms with E-state index in [9.17, 15) is 9.90 Å². The van der Waals surface area contributed by atoms with Gasteiger partial charge in [-0.05, 0) is 38.8 Å². The van der Waals surface area contributed by atoms with Crippen LogP contribution in [-0.4, -0.2) is 39.4 Å². The van der Waals surface area contributed by atoms with Crippen molar-refractivity contribution in [3.05, 3.63) is 23.9 Å². The molecule has 0 aliphatic carbocycles. The van der Waals surface area contributed by atoms with Crippen LogP contribution in [-0.2, 0) is 0 Å². The zero-order valence-corrected chi connectivity index (χ0v) is 10.6. The first-order valence-corrected chi connectivity index (χ1v) is 6.09. The molecule has 1 aliphatic rings. The molecule has 98 valence electrons. The van der Waals surface area contributed by atoms with Gasteiger partial charge >= 0.3 is 5.97 Å². The first-order chi connectivity index (χ1) is 8.39. The summed E-state index contributed by atoms with van der Waals surface area (Å²) in [7, 11) is 0. The van der Waals surface area contributed by atoms with E-state index < -0.39 is 11.6 Å². The second kappa shape index (κ2) is 4.57. The lowest BCUT2D eigenvalue weighted by molar-refractivity contribution is 0.0533. The molecule has 0 saturated carbocycles. The average Bonchev–Trinajstić information content (AvgIpc) is 2.77. The number of nitrogens with zero attached hydrogens (tertiary/aromatic N) is 2. The van der Waals surface area contributed by atoms with E-state index in [4.69, 9.17) is 5.11 Å². The normalized spacial score (nSPS) is 20.2. The van der Waals surface area contributed by atoms with E-state index in [2.05, 4.69) is 4.98 Å². The molecule has 1 atom stereocenters. The fourth-order valence-electron chi connectivity index (χ4n) is 2.48. The number of aromatic carboxylic acids is 1.